The third-order valence-electron chi connectivity index (χ3n) is 2.40. The maximum Gasteiger partial charge on any atom is 0.176 e. The molecule has 0 atom stereocenters. The summed E-state index contributed by atoms with van der Waals surface area (Å²) in [5.74, 6) is 1.74. The minimum Gasteiger partial charge on any atom is -0.460 e. The average molecular weight is 186 g/mol. The summed E-state index contributed by atoms with van der Waals surface area (Å²) < 4.78 is 5.51. The first kappa shape index (κ1) is 7.62. The molecule has 14 heavy (non-hydrogen) atoms. The minimum absolute atomic E-state index is 0.838. The Morgan fingerprint density at radius 1 is 1.29 bits per heavy atom. The maximum absolute atomic E-state index is 5.51. The van der Waals surface area contributed by atoms with Gasteiger partial charge in [0.1, 0.15) is 0 Å². The quantitative estimate of drug-likeness (QED) is 0.737. The van der Waals surface area contributed by atoms with E-state index < -0.39 is 0 Å². The Hall–Kier alpha value is -1.77. The van der Waals surface area contributed by atoms with Gasteiger partial charge in [0.05, 0.1) is 12.8 Å². The number of benzene rings is 1. The second-order valence-electron chi connectivity index (χ2n) is 3.31. The predicted octanol–water partition coefficient (Wildman–Crippen LogP) is 1.78. The molecule has 1 aliphatic heterocycles. The van der Waals surface area contributed by atoms with Crippen LogP contribution in [0.1, 0.15) is 5.76 Å². The molecule has 3 heteroatoms. The van der Waals surface area contributed by atoms with Gasteiger partial charge in [-0.15, -0.1) is 0 Å². The number of amidine groups is 1. The molecule has 3 rings (SSSR count). The van der Waals surface area contributed by atoms with Crippen molar-refractivity contribution in [2.75, 3.05) is 13.1 Å². The first-order valence-electron chi connectivity index (χ1n) is 4.70. The number of nitrogens with one attached hydrogen (secondary N) is 1. The Morgan fingerprint density at radius 2 is 2.21 bits per heavy atom. The zero-order chi connectivity index (χ0) is 9.38. The Bertz CT molecular complexity index is 499. The van der Waals surface area contributed by atoms with Gasteiger partial charge in [-0.2, -0.15) is 0 Å². The Labute approximate surface area is 81.4 Å². The van der Waals surface area contributed by atoms with Crippen LogP contribution in [0.3, 0.4) is 0 Å². The lowest BCUT2D eigenvalue weighted by Gasteiger charge is -1.97. The molecule has 0 fully saturated rings. The third kappa shape index (κ3) is 1.02. The van der Waals surface area contributed by atoms with Crippen molar-refractivity contribution in [3.05, 3.63) is 36.3 Å². The van der Waals surface area contributed by atoms with Gasteiger partial charge in [0, 0.05) is 17.3 Å². The summed E-state index contributed by atoms with van der Waals surface area (Å²) >= 11 is 0. The van der Waals surface area contributed by atoms with E-state index in [2.05, 4.69) is 16.4 Å². The van der Waals surface area contributed by atoms with E-state index >= 15 is 0 Å². The van der Waals surface area contributed by atoms with Crippen LogP contribution in [0.4, 0.5) is 0 Å². The molecule has 0 amide bonds. The molecule has 2 heterocycles. The largest absolute Gasteiger partial charge is 0.460 e. The van der Waals surface area contributed by atoms with Crippen LogP contribution in [-0.2, 0) is 0 Å². The van der Waals surface area contributed by atoms with Crippen LogP contribution in [0, 0.1) is 0 Å². The Kier molecular flexibility index (Phi) is 1.56. The van der Waals surface area contributed by atoms with Crippen LogP contribution in [0.15, 0.2) is 39.9 Å². The van der Waals surface area contributed by atoms with E-state index in [1.807, 2.05) is 18.2 Å². The summed E-state index contributed by atoms with van der Waals surface area (Å²) in [5, 5.41) is 5.46. The summed E-state index contributed by atoms with van der Waals surface area (Å²) in [6.45, 7) is 1.74. The number of hydrogen-bond acceptors (Lipinski definition) is 3. The monoisotopic (exact) mass is 186 g/mol. The number of hydrogen-bond donors (Lipinski definition) is 1. The fourth-order valence-corrected chi connectivity index (χ4v) is 1.73. The average Bonchev–Trinajstić information content (AvgIpc) is 2.85. The molecule has 0 radical (unpaired) electrons. The molecule has 1 aliphatic rings. The zero-order valence-electron chi connectivity index (χ0n) is 7.66. The van der Waals surface area contributed by atoms with Crippen LogP contribution in [0.2, 0.25) is 0 Å². The van der Waals surface area contributed by atoms with Crippen molar-refractivity contribution < 1.29 is 4.42 Å². The lowest BCUT2D eigenvalue weighted by Crippen LogP contribution is -2.18. The van der Waals surface area contributed by atoms with Crippen LogP contribution < -0.4 is 5.32 Å². The highest BCUT2D eigenvalue weighted by molar-refractivity contribution is 6.08. The number of fused-ring (bicyclic) bond motifs is 1. The van der Waals surface area contributed by atoms with E-state index in [1.165, 1.54) is 0 Å². The molecular weight excluding hydrogens is 176 g/mol. The van der Waals surface area contributed by atoms with Gasteiger partial charge in [0.25, 0.3) is 0 Å². The van der Waals surface area contributed by atoms with Crippen molar-refractivity contribution >= 4 is 16.6 Å². The molecule has 1 N–H and O–H groups in total. The minimum atomic E-state index is 0.838. The third-order valence-corrected chi connectivity index (χ3v) is 2.40. The predicted molar refractivity (Wildman–Crippen MR) is 55.6 cm³/mol. The highest BCUT2D eigenvalue weighted by Gasteiger charge is 2.14. The zero-order valence-corrected chi connectivity index (χ0v) is 7.66. The molecule has 3 nitrogen and oxygen atoms in total. The van der Waals surface area contributed by atoms with E-state index in [0.717, 1.165) is 35.5 Å². The Morgan fingerprint density at radius 3 is 3.07 bits per heavy atom. The van der Waals surface area contributed by atoms with E-state index in [0.29, 0.717) is 0 Å². The van der Waals surface area contributed by atoms with Gasteiger partial charge in [-0.1, -0.05) is 24.3 Å². The van der Waals surface area contributed by atoms with Crippen LogP contribution in [-0.4, -0.2) is 18.9 Å². The van der Waals surface area contributed by atoms with E-state index in [-0.39, 0.29) is 0 Å². The first-order chi connectivity index (χ1) is 6.95. The topological polar surface area (TPSA) is 37.5 Å². The molecule has 0 saturated carbocycles. The van der Waals surface area contributed by atoms with Gasteiger partial charge in [-0.05, 0) is 0 Å². The molecular formula is C11H10N2O. The normalized spacial score (nSPS) is 15.6. The molecule has 1 aromatic carbocycles. The lowest BCUT2D eigenvalue weighted by molar-refractivity contribution is 0.560. The highest BCUT2D eigenvalue weighted by atomic mass is 16.3. The molecule has 0 saturated heterocycles. The van der Waals surface area contributed by atoms with Crippen LogP contribution in [0.25, 0.3) is 10.8 Å². The highest BCUT2D eigenvalue weighted by Crippen LogP contribution is 2.21. The second kappa shape index (κ2) is 2.87. The Balaban J connectivity index is 2.21. The molecule has 2 aromatic rings. The second-order valence-corrected chi connectivity index (χ2v) is 3.31. The molecule has 0 unspecified atom stereocenters. The van der Waals surface area contributed by atoms with E-state index in [4.69, 9.17) is 4.42 Å². The van der Waals surface area contributed by atoms with Crippen molar-refractivity contribution in [2.45, 2.75) is 0 Å². The smallest absolute Gasteiger partial charge is 0.176 e. The summed E-state index contributed by atoms with van der Waals surface area (Å²) in [6.07, 6.45) is 1.77. The summed E-state index contributed by atoms with van der Waals surface area (Å²) in [6, 6.07) is 8.11. The van der Waals surface area contributed by atoms with Gasteiger partial charge < -0.3 is 9.73 Å². The summed E-state index contributed by atoms with van der Waals surface area (Å²) in [5.41, 5.74) is 0. The van der Waals surface area contributed by atoms with Crippen molar-refractivity contribution in [2.24, 2.45) is 4.99 Å². The van der Waals surface area contributed by atoms with Crippen LogP contribution in [0.5, 0.6) is 0 Å². The molecule has 0 bridgehead atoms. The maximum atomic E-state index is 5.51. The van der Waals surface area contributed by atoms with E-state index in [9.17, 15) is 0 Å². The molecule has 70 valence electrons. The fraction of sp³-hybridized carbons (Fsp3) is 0.182. The van der Waals surface area contributed by atoms with Crippen molar-refractivity contribution in [1.29, 1.82) is 0 Å². The fourth-order valence-electron chi connectivity index (χ4n) is 1.73. The van der Waals surface area contributed by atoms with Crippen molar-refractivity contribution in [3.63, 3.8) is 0 Å². The van der Waals surface area contributed by atoms with Gasteiger partial charge in [0.2, 0.25) is 0 Å². The van der Waals surface area contributed by atoms with Crippen LogP contribution >= 0.6 is 0 Å². The van der Waals surface area contributed by atoms with E-state index in [1.54, 1.807) is 6.26 Å². The van der Waals surface area contributed by atoms with Crippen molar-refractivity contribution in [1.82, 2.24) is 5.32 Å². The number of aliphatic imine (C=N–C) groups is 1. The number of nitrogens with zero attached hydrogens (tertiary/aromatic N) is 1. The summed E-state index contributed by atoms with van der Waals surface area (Å²) in [4.78, 5) is 4.34. The molecule has 1 aromatic heterocycles. The molecule has 0 spiro atoms. The van der Waals surface area contributed by atoms with Gasteiger partial charge in [-0.25, -0.2) is 0 Å². The SMILES string of the molecule is c1ccc2c(C3=NCCN3)occ2c1. The lowest BCUT2D eigenvalue weighted by atomic mass is 10.2. The standard InChI is InChI=1S/C11H10N2O/c1-2-4-9-8(3-1)7-14-10(9)11-12-5-6-13-11/h1-4,7H,5-6H2,(H,12,13). The van der Waals surface area contributed by atoms with Gasteiger partial charge in [-0.3, -0.25) is 4.99 Å². The number of furan rings is 1. The first-order valence-corrected chi connectivity index (χ1v) is 4.70. The number of rotatable bonds is 1. The van der Waals surface area contributed by atoms with Gasteiger partial charge in [0.15, 0.2) is 11.6 Å². The summed E-state index contributed by atoms with van der Waals surface area (Å²) in [7, 11) is 0. The van der Waals surface area contributed by atoms with Gasteiger partial charge >= 0.3 is 0 Å². The van der Waals surface area contributed by atoms with Crippen molar-refractivity contribution in [3.8, 4) is 0 Å². The molecule has 0 aliphatic carbocycles.